The van der Waals surface area contributed by atoms with E-state index < -0.39 is 14.6 Å². The Morgan fingerprint density at radius 2 is 1.04 bits per heavy atom. The van der Waals surface area contributed by atoms with E-state index in [2.05, 4.69) is 51.0 Å². The molecule has 15 nitrogen and oxygen atoms in total. The van der Waals surface area contributed by atoms with Gasteiger partial charge in [-0.25, -0.2) is 19.9 Å². The molecule has 8 N–H and O–H groups in total. The number of phenolic OH excluding ortho intramolecular Hbond substituents is 3. The van der Waals surface area contributed by atoms with Crippen molar-refractivity contribution in [3.63, 3.8) is 0 Å². The second kappa shape index (κ2) is 27.1. The van der Waals surface area contributed by atoms with Crippen molar-refractivity contribution in [3.05, 3.63) is 209 Å². The fourth-order valence-electron chi connectivity index (χ4n) is 7.82. The quantitative estimate of drug-likeness (QED) is 0.0422. The van der Waals surface area contributed by atoms with E-state index in [0.29, 0.717) is 55.3 Å². The molecule has 3 aromatic heterocycles. The number of anilines is 1. The number of fused-ring (bicyclic) bond motifs is 1. The Morgan fingerprint density at radius 3 is 1.56 bits per heavy atom. The zero-order valence-electron chi connectivity index (χ0n) is 45.2. The third kappa shape index (κ3) is 16.1. The van der Waals surface area contributed by atoms with Gasteiger partial charge in [-0.3, -0.25) is 9.20 Å². The van der Waals surface area contributed by atoms with Crippen molar-refractivity contribution < 1.29 is 44.6 Å². The summed E-state index contributed by atoms with van der Waals surface area (Å²) in [7, 11) is -1.85. The summed E-state index contributed by atoms with van der Waals surface area (Å²) < 4.78 is 18.5. The number of rotatable bonds is 17. The number of ketones is 1. The third-order valence-corrected chi connectivity index (χ3v) is 17.4. The molecule has 0 spiro atoms. The molecule has 0 atom stereocenters. The molecule has 0 amide bonds. The lowest BCUT2D eigenvalue weighted by Gasteiger charge is -2.36. The number of imidazole rings is 1. The van der Waals surface area contributed by atoms with Gasteiger partial charge in [-0.15, -0.1) is 0 Å². The molecule has 0 saturated carbocycles. The van der Waals surface area contributed by atoms with Gasteiger partial charge in [0.2, 0.25) is 20.5 Å². The van der Waals surface area contributed by atoms with Crippen LogP contribution < -0.4 is 10.2 Å². The van der Waals surface area contributed by atoms with E-state index in [1.807, 2.05) is 98.8 Å². The second-order valence-electron chi connectivity index (χ2n) is 19.9. The van der Waals surface area contributed by atoms with Crippen LogP contribution in [0.3, 0.4) is 0 Å². The predicted octanol–water partition coefficient (Wildman–Crippen LogP) is 11.5. The Bertz CT molecular complexity index is 3310. The fraction of sp³-hybridized carbons (Fsp3) is 0.242. The molecular formula is C62H70N6O9Si. The summed E-state index contributed by atoms with van der Waals surface area (Å²) in [6.45, 7) is 15.7. The van der Waals surface area contributed by atoms with Gasteiger partial charge in [0.05, 0.1) is 29.0 Å². The third-order valence-electron chi connectivity index (χ3n) is 13.0. The SMILES string of the molecule is CC(C)(C)[Si](C)(C)Oc1ccc(-c2cnc(N)c(Cc3ccccc3)n2)cc1.CCOC(OCC)C(=O)Cc1ccc(O)cc1.O.Oc1ccc(Cc2nc3c(Cc4ccccc4)nc(-c4ccc(O)cc4)cn3c2O)cc1. The van der Waals surface area contributed by atoms with Gasteiger partial charge in [0.1, 0.15) is 34.5 Å². The summed E-state index contributed by atoms with van der Waals surface area (Å²) in [4.78, 5) is 30.6. The summed E-state index contributed by atoms with van der Waals surface area (Å²) in [5, 5.41) is 39.5. The van der Waals surface area contributed by atoms with Crippen LogP contribution in [0.1, 0.15) is 74.0 Å². The van der Waals surface area contributed by atoms with Crippen molar-refractivity contribution >= 4 is 25.6 Å². The summed E-state index contributed by atoms with van der Waals surface area (Å²) >= 11 is 0. The number of benzene rings is 6. The number of carbonyl (C=O) groups excluding carboxylic acids is 1. The highest BCUT2D eigenvalue weighted by Crippen LogP contribution is 2.38. The van der Waals surface area contributed by atoms with Gasteiger partial charge in [-0.2, -0.15) is 0 Å². The number of nitrogens with zero attached hydrogens (tertiary/aromatic N) is 5. The minimum atomic E-state index is -1.85. The van der Waals surface area contributed by atoms with Gasteiger partial charge in [0, 0.05) is 56.2 Å². The van der Waals surface area contributed by atoms with Gasteiger partial charge in [0.15, 0.2) is 11.4 Å². The summed E-state index contributed by atoms with van der Waals surface area (Å²) in [5.41, 5.74) is 16.1. The number of carbonyl (C=O) groups is 1. The zero-order chi connectivity index (χ0) is 55.1. The Kier molecular flexibility index (Phi) is 20.4. The molecule has 78 heavy (non-hydrogen) atoms. The first-order valence-corrected chi connectivity index (χ1v) is 28.5. The number of nitrogens with two attached hydrogens (primary N) is 1. The molecule has 0 saturated heterocycles. The molecule has 0 aliphatic rings. The number of nitrogen functional groups attached to an aromatic ring is 1. The number of ether oxygens (including phenoxy) is 2. The van der Waals surface area contributed by atoms with Crippen LogP contribution in [0.15, 0.2) is 170 Å². The minimum Gasteiger partial charge on any atom is -0.544 e. The van der Waals surface area contributed by atoms with Gasteiger partial charge in [-0.05, 0) is 127 Å². The summed E-state index contributed by atoms with van der Waals surface area (Å²) in [6.07, 6.45) is 4.59. The molecule has 16 heteroatoms. The number of phenols is 3. The van der Waals surface area contributed by atoms with E-state index in [4.69, 9.17) is 39.7 Å². The molecule has 6 aromatic carbocycles. The van der Waals surface area contributed by atoms with Gasteiger partial charge >= 0.3 is 0 Å². The van der Waals surface area contributed by atoms with Crippen molar-refractivity contribution in [2.24, 2.45) is 0 Å². The highest BCUT2D eigenvalue weighted by molar-refractivity contribution is 6.74. The van der Waals surface area contributed by atoms with E-state index in [1.165, 1.54) is 5.56 Å². The van der Waals surface area contributed by atoms with E-state index in [-0.39, 0.29) is 45.8 Å². The first-order valence-electron chi connectivity index (χ1n) is 25.6. The van der Waals surface area contributed by atoms with Crippen molar-refractivity contribution in [3.8, 4) is 51.4 Å². The highest BCUT2D eigenvalue weighted by Gasteiger charge is 2.39. The first-order chi connectivity index (χ1) is 36.9. The summed E-state index contributed by atoms with van der Waals surface area (Å²) in [6, 6.07) is 48.5. The molecule has 0 unspecified atom stereocenters. The van der Waals surface area contributed by atoms with Crippen LogP contribution in [-0.4, -0.2) is 83.8 Å². The van der Waals surface area contributed by atoms with Crippen LogP contribution in [-0.2, 0) is 40.0 Å². The lowest BCUT2D eigenvalue weighted by Crippen LogP contribution is -2.43. The fourth-order valence-corrected chi connectivity index (χ4v) is 8.85. The molecule has 9 aromatic rings. The molecule has 0 fully saturated rings. The van der Waals surface area contributed by atoms with E-state index in [0.717, 1.165) is 50.6 Å². The Balaban J connectivity index is 0.000000197. The number of hydrogen-bond acceptors (Lipinski definition) is 13. The molecule has 406 valence electrons. The average molecular weight is 1070 g/mol. The lowest BCUT2D eigenvalue weighted by molar-refractivity contribution is -0.167. The highest BCUT2D eigenvalue weighted by atomic mass is 28.4. The molecule has 0 bridgehead atoms. The van der Waals surface area contributed by atoms with Crippen molar-refractivity contribution in [1.29, 1.82) is 0 Å². The van der Waals surface area contributed by atoms with Gasteiger partial charge in [0.25, 0.3) is 0 Å². The normalized spacial score (nSPS) is 11.2. The Morgan fingerprint density at radius 1 is 0.590 bits per heavy atom. The van der Waals surface area contributed by atoms with E-state index in [1.54, 1.807) is 77.5 Å². The molecule has 0 aliphatic heterocycles. The number of aromatic hydroxyl groups is 4. The first kappa shape index (κ1) is 58.8. The Hall–Kier alpha value is -8.41. The molecule has 0 radical (unpaired) electrons. The maximum Gasteiger partial charge on any atom is 0.250 e. The maximum absolute atomic E-state index is 11.9. The largest absolute Gasteiger partial charge is 0.544 e. The number of hydrogen-bond donors (Lipinski definition) is 5. The van der Waals surface area contributed by atoms with Crippen LogP contribution in [0.25, 0.3) is 28.2 Å². The van der Waals surface area contributed by atoms with Crippen molar-refractivity contribution in [1.82, 2.24) is 24.3 Å². The topological polar surface area (TPSA) is 239 Å². The van der Waals surface area contributed by atoms with E-state index in [9.17, 15) is 20.1 Å². The van der Waals surface area contributed by atoms with Crippen molar-refractivity contribution in [2.75, 3.05) is 18.9 Å². The van der Waals surface area contributed by atoms with Gasteiger partial charge < -0.3 is 45.5 Å². The molecule has 3 heterocycles. The Labute approximate surface area is 457 Å². The van der Waals surface area contributed by atoms with Crippen molar-refractivity contribution in [2.45, 2.75) is 84.7 Å². The molecule has 0 aliphatic carbocycles. The average Bonchev–Trinajstić information content (AvgIpc) is 3.76. The number of aromatic nitrogens is 5. The van der Waals surface area contributed by atoms with Crippen LogP contribution in [0.4, 0.5) is 5.82 Å². The standard InChI is InChI=1S/C26H21N3O3.C23H29N3OSi.C13H18O4.H2O/c30-20-10-6-18(7-11-20)15-23-26(32)29-16-24(19-8-12-21(31)13-9-19)27-22(25(29)28-23)14-17-4-2-1-3-5-17;1-23(2,3)28(4,5)27-19-13-11-18(12-14-19)21-16-25-22(24)20(26-21)15-17-9-7-6-8-10-17;1-3-16-13(17-4-2)12(15)9-10-5-7-11(14)8-6-10;/h1-13,16,30-32H,14-15H2;6-14,16H,15H2,1-5H3,(H2,24,25);5-8,13-14H,3-4,9H2,1-2H3;1H2. The maximum atomic E-state index is 11.9. The van der Waals surface area contributed by atoms with Crippen LogP contribution >= 0.6 is 0 Å². The smallest absolute Gasteiger partial charge is 0.250 e. The van der Waals surface area contributed by atoms with Crippen LogP contribution in [0, 0.1) is 0 Å². The van der Waals surface area contributed by atoms with Crippen LogP contribution in [0.2, 0.25) is 18.1 Å². The number of Topliss-reactive ketones (excluding diaryl/α,β-unsaturated/α-hetero) is 1. The van der Waals surface area contributed by atoms with E-state index >= 15 is 0 Å². The minimum absolute atomic E-state index is 0. The summed E-state index contributed by atoms with van der Waals surface area (Å²) in [5.74, 6) is 1.90. The predicted molar refractivity (Wildman–Crippen MR) is 308 cm³/mol. The lowest BCUT2D eigenvalue weighted by atomic mass is 10.1. The monoisotopic (exact) mass is 1070 g/mol. The second-order valence-corrected chi connectivity index (χ2v) is 24.6. The zero-order valence-corrected chi connectivity index (χ0v) is 46.2. The van der Waals surface area contributed by atoms with Crippen LogP contribution in [0.5, 0.6) is 28.9 Å². The molecular weight excluding hydrogens is 1000 g/mol. The van der Waals surface area contributed by atoms with Gasteiger partial charge in [-0.1, -0.05) is 106 Å². The molecule has 9 rings (SSSR count).